The Bertz CT molecular complexity index is 1330. The molecule has 0 spiro atoms. The van der Waals surface area contributed by atoms with Crippen LogP contribution >= 0.6 is 15.9 Å². The molecule has 0 aliphatic rings. The maximum Gasteiger partial charge on any atom is 0.506 e. The normalized spacial score (nSPS) is 10.6. The molecular weight excluding hydrogens is 492 g/mol. The number of hydrogen-bond donors (Lipinski definition) is 1. The summed E-state index contributed by atoms with van der Waals surface area (Å²) in [7, 11) is 0. The first-order valence-corrected chi connectivity index (χ1v) is 10.5. The number of rotatable bonds is 7. The Morgan fingerprint density at radius 1 is 1.06 bits per heavy atom. The van der Waals surface area contributed by atoms with Crippen LogP contribution in [-0.4, -0.2) is 30.8 Å². The molecule has 0 aliphatic heterocycles. The number of benzene rings is 1. The van der Waals surface area contributed by atoms with Gasteiger partial charge in [-0.1, -0.05) is 30.3 Å². The average molecular weight is 509 g/mol. The minimum atomic E-state index is -1.48. The van der Waals surface area contributed by atoms with Gasteiger partial charge >= 0.3 is 6.16 Å². The molecule has 10 heteroatoms. The smallest absolute Gasteiger partial charge is 0.487 e. The minimum absolute atomic E-state index is 0.236. The summed E-state index contributed by atoms with van der Waals surface area (Å²) in [4.78, 5) is 36.6. The molecule has 166 valence electrons. The van der Waals surface area contributed by atoms with Crippen LogP contribution in [0.3, 0.4) is 0 Å². The van der Waals surface area contributed by atoms with Crippen LogP contribution in [-0.2, 0) is 18.0 Å². The van der Waals surface area contributed by atoms with E-state index in [9.17, 15) is 9.59 Å². The third-order valence-corrected chi connectivity index (χ3v) is 5.23. The Labute approximate surface area is 196 Å². The molecule has 0 aliphatic carbocycles. The van der Waals surface area contributed by atoms with Crippen molar-refractivity contribution in [2.45, 2.75) is 13.2 Å². The van der Waals surface area contributed by atoms with E-state index in [1.165, 1.54) is 23.3 Å². The van der Waals surface area contributed by atoms with E-state index in [2.05, 4.69) is 30.9 Å². The molecule has 1 N–H and O–H groups in total. The first kappa shape index (κ1) is 22.2. The molecule has 3 heterocycles. The third-order valence-electron chi connectivity index (χ3n) is 4.66. The molecule has 4 aromatic rings. The van der Waals surface area contributed by atoms with Gasteiger partial charge in [-0.15, -0.1) is 0 Å². The maximum absolute atomic E-state index is 13.0. The number of hydrogen-bond acceptors (Lipinski definition) is 7. The summed E-state index contributed by atoms with van der Waals surface area (Å²) in [6, 6.07) is 14.7. The van der Waals surface area contributed by atoms with Crippen LogP contribution < -0.4 is 10.3 Å². The summed E-state index contributed by atoms with van der Waals surface area (Å²) in [5, 5.41) is 9.10. The third kappa shape index (κ3) is 5.07. The van der Waals surface area contributed by atoms with Crippen LogP contribution in [0.4, 0.5) is 4.79 Å². The lowest BCUT2D eigenvalue weighted by Crippen LogP contribution is -2.25. The van der Waals surface area contributed by atoms with Crippen molar-refractivity contribution in [1.29, 1.82) is 0 Å². The van der Waals surface area contributed by atoms with Crippen molar-refractivity contribution >= 4 is 22.1 Å². The largest absolute Gasteiger partial charge is 0.506 e. The fourth-order valence-electron chi connectivity index (χ4n) is 3.22. The number of carbonyl (C=O) groups is 1. The standard InChI is InChI=1S/C23H17BrN4O5/c24-18-9-17(21-20(7-4-8-27-21)32-12-15-5-2-1-3-6-15)19(13-33-23(30)31)28(22(18)29)16-10-25-14-26-11-16/h1-11,14H,12-13H2,(H,30,31). The molecule has 9 nitrogen and oxygen atoms in total. The number of ether oxygens (including phenoxy) is 2. The monoisotopic (exact) mass is 508 g/mol. The van der Waals surface area contributed by atoms with Crippen molar-refractivity contribution in [3.05, 3.63) is 99.5 Å². The molecule has 1 aromatic carbocycles. The predicted molar refractivity (Wildman–Crippen MR) is 122 cm³/mol. The van der Waals surface area contributed by atoms with E-state index in [-0.39, 0.29) is 10.2 Å². The van der Waals surface area contributed by atoms with E-state index >= 15 is 0 Å². The number of nitrogens with zero attached hydrogens (tertiary/aromatic N) is 4. The van der Waals surface area contributed by atoms with E-state index in [0.29, 0.717) is 29.3 Å². The zero-order valence-corrected chi connectivity index (χ0v) is 18.7. The number of pyridine rings is 2. The van der Waals surface area contributed by atoms with E-state index in [4.69, 9.17) is 14.6 Å². The molecule has 0 unspecified atom stereocenters. The van der Waals surface area contributed by atoms with Gasteiger partial charge in [-0.2, -0.15) is 0 Å². The average Bonchev–Trinajstić information content (AvgIpc) is 2.84. The van der Waals surface area contributed by atoms with Crippen molar-refractivity contribution in [1.82, 2.24) is 19.5 Å². The Morgan fingerprint density at radius 2 is 1.82 bits per heavy atom. The van der Waals surface area contributed by atoms with Crippen LogP contribution in [0.2, 0.25) is 0 Å². The molecule has 0 atom stereocenters. The Balaban J connectivity index is 1.86. The van der Waals surface area contributed by atoms with Gasteiger partial charge in [0, 0.05) is 11.8 Å². The highest BCUT2D eigenvalue weighted by atomic mass is 79.9. The number of carboxylic acid groups (broad SMARTS) is 1. The topological polar surface area (TPSA) is 116 Å². The molecule has 0 fully saturated rings. The van der Waals surface area contributed by atoms with Gasteiger partial charge in [0.1, 0.15) is 31.0 Å². The lowest BCUT2D eigenvalue weighted by molar-refractivity contribution is 0.0838. The zero-order chi connectivity index (χ0) is 23.2. The van der Waals surface area contributed by atoms with Gasteiger partial charge in [-0.25, -0.2) is 14.8 Å². The zero-order valence-electron chi connectivity index (χ0n) is 17.1. The van der Waals surface area contributed by atoms with E-state index in [0.717, 1.165) is 5.56 Å². The minimum Gasteiger partial charge on any atom is -0.487 e. The predicted octanol–water partition coefficient (Wildman–Crippen LogP) is 4.23. The van der Waals surface area contributed by atoms with E-state index in [1.54, 1.807) is 24.4 Å². The van der Waals surface area contributed by atoms with Crippen LogP contribution in [0, 0.1) is 0 Å². The van der Waals surface area contributed by atoms with E-state index in [1.807, 2.05) is 30.3 Å². The fraction of sp³-hybridized carbons (Fsp3) is 0.0870. The lowest BCUT2D eigenvalue weighted by atomic mass is 10.1. The molecule has 3 aromatic heterocycles. The molecule has 0 amide bonds. The first-order valence-electron chi connectivity index (χ1n) is 9.72. The van der Waals surface area contributed by atoms with Crippen LogP contribution in [0.15, 0.2) is 82.7 Å². The summed E-state index contributed by atoms with van der Waals surface area (Å²) < 4.78 is 12.4. The molecule has 33 heavy (non-hydrogen) atoms. The Morgan fingerprint density at radius 3 is 2.55 bits per heavy atom. The molecule has 4 rings (SSSR count). The highest BCUT2D eigenvalue weighted by Crippen LogP contribution is 2.33. The van der Waals surface area contributed by atoms with Gasteiger partial charge in [-0.05, 0) is 39.7 Å². The lowest BCUT2D eigenvalue weighted by Gasteiger charge is -2.18. The quantitative estimate of drug-likeness (QED) is 0.368. The maximum atomic E-state index is 13.0. The first-order chi connectivity index (χ1) is 16.0. The van der Waals surface area contributed by atoms with Crippen LogP contribution in [0.5, 0.6) is 5.75 Å². The molecule has 0 saturated carbocycles. The van der Waals surface area contributed by atoms with Crippen molar-refractivity contribution in [3.63, 3.8) is 0 Å². The van der Waals surface area contributed by atoms with Gasteiger partial charge in [0.25, 0.3) is 5.56 Å². The second kappa shape index (κ2) is 10.0. The second-order valence-corrected chi connectivity index (χ2v) is 7.62. The van der Waals surface area contributed by atoms with Gasteiger partial charge in [0.15, 0.2) is 0 Å². The van der Waals surface area contributed by atoms with Gasteiger partial charge in [-0.3, -0.25) is 14.3 Å². The van der Waals surface area contributed by atoms with Crippen molar-refractivity contribution in [3.8, 4) is 22.7 Å². The summed E-state index contributed by atoms with van der Waals surface area (Å²) >= 11 is 3.31. The summed E-state index contributed by atoms with van der Waals surface area (Å²) in [5.74, 6) is 0.458. The molecule has 0 radical (unpaired) electrons. The highest BCUT2D eigenvalue weighted by Gasteiger charge is 2.21. The van der Waals surface area contributed by atoms with Gasteiger partial charge in [0.05, 0.1) is 28.2 Å². The Kier molecular flexibility index (Phi) is 6.75. The van der Waals surface area contributed by atoms with Gasteiger partial charge in [0.2, 0.25) is 0 Å². The van der Waals surface area contributed by atoms with E-state index < -0.39 is 18.3 Å². The molecule has 0 saturated heterocycles. The van der Waals surface area contributed by atoms with Crippen molar-refractivity contribution in [2.75, 3.05) is 0 Å². The SMILES string of the molecule is O=C(O)OCc1c(-c2ncccc2OCc2ccccc2)cc(Br)c(=O)n1-c1cncnc1. The van der Waals surface area contributed by atoms with Crippen LogP contribution in [0.25, 0.3) is 16.9 Å². The van der Waals surface area contributed by atoms with Gasteiger partial charge < -0.3 is 14.6 Å². The van der Waals surface area contributed by atoms with Crippen LogP contribution in [0.1, 0.15) is 11.3 Å². The second-order valence-electron chi connectivity index (χ2n) is 6.77. The summed E-state index contributed by atoms with van der Waals surface area (Å²) in [6.45, 7) is -0.107. The number of aromatic nitrogens is 4. The van der Waals surface area contributed by atoms with Crippen molar-refractivity contribution in [2.24, 2.45) is 0 Å². The molecule has 0 bridgehead atoms. The van der Waals surface area contributed by atoms with Crippen molar-refractivity contribution < 1.29 is 19.4 Å². The fourth-order valence-corrected chi connectivity index (χ4v) is 3.63. The Hall–Kier alpha value is -4.05. The molecular formula is C23H17BrN4O5. The summed E-state index contributed by atoms with van der Waals surface area (Å²) in [6.07, 6.45) is 4.32. The summed E-state index contributed by atoms with van der Waals surface area (Å²) in [5.41, 5.74) is 2.01. The number of halogens is 1. The highest BCUT2D eigenvalue weighted by molar-refractivity contribution is 9.10.